The van der Waals surface area contributed by atoms with Crippen molar-refractivity contribution in [2.24, 2.45) is 11.8 Å². The van der Waals surface area contributed by atoms with Crippen molar-refractivity contribution in [3.63, 3.8) is 0 Å². The van der Waals surface area contributed by atoms with Crippen molar-refractivity contribution < 1.29 is 61.3 Å². The summed E-state index contributed by atoms with van der Waals surface area (Å²) in [5, 5.41) is 5.64. The first-order valence-electron chi connectivity index (χ1n) is 22.6. The fraction of sp³-hybridized carbons (Fsp3) is 0.444. The number of rotatable bonds is 12. The van der Waals surface area contributed by atoms with Gasteiger partial charge in [0.1, 0.15) is 0 Å². The van der Waals surface area contributed by atoms with E-state index in [0.717, 1.165) is 11.8 Å². The first kappa shape index (κ1) is 51.2. The van der Waals surface area contributed by atoms with E-state index in [4.69, 9.17) is 0 Å². The van der Waals surface area contributed by atoms with Crippen LogP contribution in [0.25, 0.3) is 43.8 Å². The van der Waals surface area contributed by atoms with Crippen LogP contribution in [0.5, 0.6) is 0 Å². The number of benzene rings is 4. The maximum Gasteiger partial charge on any atom is -1.00 e. The Balaban J connectivity index is 0.000000219. The quantitative estimate of drug-likeness (QED) is 0.0847. The summed E-state index contributed by atoms with van der Waals surface area (Å²) in [6, 6.07) is 42.1. The molecule has 6 aromatic carbocycles. The zero-order valence-corrected chi connectivity index (χ0v) is 42.0. The summed E-state index contributed by atoms with van der Waals surface area (Å²) < 4.78 is 34.3. The number of alkyl halides is 3. The van der Waals surface area contributed by atoms with Crippen LogP contribution in [0.3, 0.4) is 0 Å². The van der Waals surface area contributed by atoms with Gasteiger partial charge in [-0.05, 0) is 71.6 Å². The molecular weight excluding hydrogens is 896 g/mol. The number of fused-ring (bicyclic) bond motifs is 2. The van der Waals surface area contributed by atoms with Crippen molar-refractivity contribution in [3.8, 4) is 22.3 Å². The third-order valence-electron chi connectivity index (χ3n) is 13.2. The van der Waals surface area contributed by atoms with Gasteiger partial charge in [-0.3, -0.25) is 0 Å². The molecule has 7 heteroatoms. The van der Waals surface area contributed by atoms with E-state index in [1.807, 2.05) is 6.55 Å². The second-order valence-corrected chi connectivity index (χ2v) is 26.2. The van der Waals surface area contributed by atoms with Crippen molar-refractivity contribution in [2.45, 2.75) is 142 Å². The molecule has 0 heterocycles. The molecule has 2 aliphatic rings. The number of halogens is 5. The molecule has 2 atom stereocenters. The van der Waals surface area contributed by atoms with Crippen molar-refractivity contribution in [1.82, 2.24) is 0 Å². The van der Waals surface area contributed by atoms with E-state index in [1.54, 1.807) is 0 Å². The summed E-state index contributed by atoms with van der Waals surface area (Å²) >= 11 is 1.29. The van der Waals surface area contributed by atoms with E-state index >= 15 is 0 Å². The normalized spacial score (nSPS) is 15.3. The third-order valence-corrected chi connectivity index (χ3v) is 16.1. The van der Waals surface area contributed by atoms with Gasteiger partial charge in [0, 0.05) is 0 Å². The van der Waals surface area contributed by atoms with E-state index in [9.17, 15) is 13.2 Å². The smallest absolute Gasteiger partial charge is 1.00 e. The first-order valence-corrected chi connectivity index (χ1v) is 28.5. The van der Waals surface area contributed by atoms with Crippen LogP contribution in [0.4, 0.5) is 13.2 Å². The van der Waals surface area contributed by atoms with Crippen LogP contribution in [0.15, 0.2) is 109 Å². The summed E-state index contributed by atoms with van der Waals surface area (Å²) in [5.74, 6) is 3.11. The van der Waals surface area contributed by atoms with E-state index in [-0.39, 0.29) is 24.8 Å². The Morgan fingerprint density at radius 2 is 1.00 bits per heavy atom. The van der Waals surface area contributed by atoms with E-state index < -0.39 is 18.0 Å². The van der Waals surface area contributed by atoms with Gasteiger partial charge in [0.15, 0.2) is 0 Å². The molecule has 0 nitrogen and oxygen atoms in total. The molecule has 2 fully saturated rings. The second-order valence-electron chi connectivity index (χ2n) is 17.8. The van der Waals surface area contributed by atoms with Crippen molar-refractivity contribution in [1.29, 1.82) is 0 Å². The zero-order valence-electron chi connectivity index (χ0n) is 37.0. The molecule has 6 aromatic rings. The average molecular weight is 961 g/mol. The molecule has 0 aromatic heterocycles. The average Bonchev–Trinajstić information content (AvgIpc) is 4.08. The molecule has 0 radical (unpaired) electrons. The topological polar surface area (TPSA) is 0 Å². The molecule has 2 aliphatic carbocycles. The summed E-state index contributed by atoms with van der Waals surface area (Å²) in [5.41, 5.74) is 10.8. The molecule has 326 valence electrons. The van der Waals surface area contributed by atoms with E-state index in [2.05, 4.69) is 137 Å². The molecule has 0 amide bonds. The van der Waals surface area contributed by atoms with Crippen LogP contribution in [0.2, 0.25) is 12.6 Å². The fourth-order valence-corrected chi connectivity index (χ4v) is 10.8. The maximum absolute atomic E-state index is 11.4. The Labute approximate surface area is 392 Å². The Morgan fingerprint density at radius 3 is 1.31 bits per heavy atom. The van der Waals surface area contributed by atoms with E-state index in [0.29, 0.717) is 17.9 Å². The standard InChI is InChI=1S/2C25H29.C4H7F3Si.2ClH.Zr/c2*1-3-18(2)21-11-13-22(14-12-21)24-10-6-9-23-16-20(17-25(23)24)15-19-7-4-5-8-19;1-8-3-2-4(5,6)7;;;/h2*6,9-14,16-19H,3-5,7-8,15H2,1-2H3;2-3H2,1H3;2*1H;/q2*-1;;;;+2/p-2. The second kappa shape index (κ2) is 24.6. The van der Waals surface area contributed by atoms with Crippen LogP contribution in [0, 0.1) is 11.8 Å². The minimum Gasteiger partial charge on any atom is -1.00 e. The van der Waals surface area contributed by atoms with Gasteiger partial charge in [-0.25, -0.2) is 0 Å². The molecule has 0 spiro atoms. The molecule has 0 aliphatic heterocycles. The Bertz CT molecular complexity index is 2080. The zero-order chi connectivity index (χ0) is 41.9. The molecule has 0 N–H and O–H groups in total. The number of hydrogen-bond acceptors (Lipinski definition) is 0. The molecule has 8 rings (SSSR count). The van der Waals surface area contributed by atoms with Gasteiger partial charge in [-0.1, -0.05) is 151 Å². The minimum atomic E-state index is -3.93. The Kier molecular flexibility index (Phi) is 20.6. The van der Waals surface area contributed by atoms with Crippen LogP contribution in [-0.2, 0) is 36.2 Å². The molecule has 0 saturated heterocycles. The largest absolute Gasteiger partial charge is 1.00 e. The van der Waals surface area contributed by atoms with Crippen molar-refractivity contribution in [2.75, 3.05) is 0 Å². The van der Waals surface area contributed by atoms with Crippen LogP contribution in [0.1, 0.15) is 132 Å². The maximum atomic E-state index is 11.4. The van der Waals surface area contributed by atoms with Crippen LogP contribution < -0.4 is 24.8 Å². The van der Waals surface area contributed by atoms with Crippen LogP contribution >= 0.6 is 0 Å². The first-order chi connectivity index (χ1) is 28.4. The monoisotopic (exact) mass is 958 g/mol. The van der Waals surface area contributed by atoms with Gasteiger partial charge < -0.3 is 24.8 Å². The van der Waals surface area contributed by atoms with Gasteiger partial charge in [-0.15, -0.1) is 69.1 Å². The molecule has 2 saturated carbocycles. The number of hydrogen-bond donors (Lipinski definition) is 0. The van der Waals surface area contributed by atoms with Gasteiger partial charge in [0.2, 0.25) is 0 Å². The van der Waals surface area contributed by atoms with Gasteiger partial charge in [0.25, 0.3) is 0 Å². The predicted octanol–water partition coefficient (Wildman–Crippen LogP) is 11.1. The van der Waals surface area contributed by atoms with Crippen molar-refractivity contribution >= 4 is 27.0 Å². The Morgan fingerprint density at radius 1 is 0.623 bits per heavy atom. The fourth-order valence-electron chi connectivity index (χ4n) is 9.21. The predicted molar refractivity (Wildman–Crippen MR) is 246 cm³/mol. The van der Waals surface area contributed by atoms with Gasteiger partial charge in [-0.2, -0.15) is 12.1 Å². The van der Waals surface area contributed by atoms with E-state index in [1.165, 1.54) is 166 Å². The summed E-state index contributed by atoms with van der Waals surface area (Å²) in [6.07, 6.45) is 11.8. The van der Waals surface area contributed by atoms with Gasteiger partial charge in [0.05, 0.1) is 0 Å². The third kappa shape index (κ3) is 14.8. The van der Waals surface area contributed by atoms with Gasteiger partial charge >= 0.3 is 67.1 Å². The summed E-state index contributed by atoms with van der Waals surface area (Å²) in [7, 11) is 0. The Hall–Kier alpha value is -2.43. The molecule has 2 unspecified atom stereocenters. The summed E-state index contributed by atoms with van der Waals surface area (Å²) in [4.78, 5) is 0. The molecule has 0 bridgehead atoms. The van der Waals surface area contributed by atoms with Crippen LogP contribution in [-0.4, -0.2) is 11.6 Å². The van der Waals surface area contributed by atoms with Crippen molar-refractivity contribution in [3.05, 3.63) is 131 Å². The summed E-state index contributed by atoms with van der Waals surface area (Å²) in [6.45, 7) is 11.1. The molecular formula is C54H65Cl2F3SiZr-2. The molecule has 61 heavy (non-hydrogen) atoms. The minimum absolute atomic E-state index is 0. The SMILES string of the molecule is CCC(C)c1ccc(-c2cccc3[cH-]c(CC4CCCC4)cc23)cc1.CCC(C)c1ccc(-c2cccc3[cH-]c(CC4CCCC4)cc23)cc1.C[Si](=[Zr+2])CCC(F)(F)F.[Cl-].[Cl-].